The molecule has 1 aromatic carbocycles. The SMILES string of the molecule is O=C(Nc1ccccc1Br)C1CCCN(c2nnc(-n3cccc3)s2)C1. The van der Waals surface area contributed by atoms with Gasteiger partial charge in [0.15, 0.2) is 0 Å². The van der Waals surface area contributed by atoms with Gasteiger partial charge in [0.2, 0.25) is 16.2 Å². The number of nitrogens with zero attached hydrogens (tertiary/aromatic N) is 4. The van der Waals surface area contributed by atoms with Gasteiger partial charge < -0.3 is 10.2 Å². The van der Waals surface area contributed by atoms with Crippen molar-refractivity contribution < 1.29 is 4.79 Å². The van der Waals surface area contributed by atoms with Crippen LogP contribution in [0.15, 0.2) is 53.3 Å². The van der Waals surface area contributed by atoms with Gasteiger partial charge in [-0.25, -0.2) is 0 Å². The summed E-state index contributed by atoms with van der Waals surface area (Å²) in [6.45, 7) is 1.57. The number of halogens is 1. The third kappa shape index (κ3) is 3.66. The van der Waals surface area contributed by atoms with Crippen molar-refractivity contribution in [1.82, 2.24) is 14.8 Å². The highest BCUT2D eigenvalue weighted by Gasteiger charge is 2.28. The van der Waals surface area contributed by atoms with Crippen LogP contribution < -0.4 is 10.2 Å². The van der Waals surface area contributed by atoms with Crippen LogP contribution in [0.2, 0.25) is 0 Å². The van der Waals surface area contributed by atoms with Crippen molar-refractivity contribution in [2.24, 2.45) is 5.92 Å². The van der Waals surface area contributed by atoms with E-state index >= 15 is 0 Å². The Bertz CT molecular complexity index is 895. The minimum atomic E-state index is -0.0604. The minimum Gasteiger partial charge on any atom is -0.346 e. The summed E-state index contributed by atoms with van der Waals surface area (Å²) in [4.78, 5) is 14.9. The monoisotopic (exact) mass is 431 g/mol. The molecular formula is C18H18BrN5OS. The Kier molecular flexibility index (Phi) is 5.03. The van der Waals surface area contributed by atoms with Crippen molar-refractivity contribution in [3.63, 3.8) is 0 Å². The molecule has 1 amide bonds. The van der Waals surface area contributed by atoms with Crippen molar-refractivity contribution >= 4 is 44.0 Å². The number of nitrogens with one attached hydrogen (secondary N) is 1. The smallest absolute Gasteiger partial charge is 0.229 e. The van der Waals surface area contributed by atoms with Gasteiger partial charge in [-0.2, -0.15) is 0 Å². The molecule has 1 N–H and O–H groups in total. The van der Waals surface area contributed by atoms with E-state index in [4.69, 9.17) is 0 Å². The van der Waals surface area contributed by atoms with Crippen LogP contribution in [0.25, 0.3) is 5.13 Å². The first kappa shape index (κ1) is 17.2. The minimum absolute atomic E-state index is 0.0525. The lowest BCUT2D eigenvalue weighted by atomic mass is 9.97. The van der Waals surface area contributed by atoms with Gasteiger partial charge in [0.05, 0.1) is 11.6 Å². The summed E-state index contributed by atoms with van der Waals surface area (Å²) < 4.78 is 2.84. The highest BCUT2D eigenvalue weighted by atomic mass is 79.9. The molecule has 2 aromatic heterocycles. The molecule has 134 valence electrons. The third-order valence-electron chi connectivity index (χ3n) is 4.42. The molecule has 0 spiro atoms. The molecule has 1 aliphatic heterocycles. The van der Waals surface area contributed by atoms with Gasteiger partial charge in [0.25, 0.3) is 0 Å². The summed E-state index contributed by atoms with van der Waals surface area (Å²) in [7, 11) is 0. The fourth-order valence-corrected chi connectivity index (χ4v) is 4.30. The second kappa shape index (κ2) is 7.59. The number of aromatic nitrogens is 3. The Morgan fingerprint density at radius 2 is 1.92 bits per heavy atom. The largest absolute Gasteiger partial charge is 0.346 e. The van der Waals surface area contributed by atoms with Crippen LogP contribution in [0, 0.1) is 5.92 Å². The lowest BCUT2D eigenvalue weighted by Gasteiger charge is -2.31. The van der Waals surface area contributed by atoms with Crippen LogP contribution in [-0.2, 0) is 4.79 Å². The zero-order valence-corrected chi connectivity index (χ0v) is 16.4. The second-order valence-electron chi connectivity index (χ2n) is 6.21. The molecule has 3 heterocycles. The van der Waals surface area contributed by atoms with Gasteiger partial charge >= 0.3 is 0 Å². The topological polar surface area (TPSA) is 63.1 Å². The summed E-state index contributed by atoms with van der Waals surface area (Å²) >= 11 is 5.02. The summed E-state index contributed by atoms with van der Waals surface area (Å²) in [5.74, 6) is -0.00784. The van der Waals surface area contributed by atoms with Gasteiger partial charge in [-0.05, 0) is 53.0 Å². The first-order valence-electron chi connectivity index (χ1n) is 8.48. The highest BCUT2D eigenvalue weighted by molar-refractivity contribution is 9.10. The van der Waals surface area contributed by atoms with Crippen LogP contribution in [0.3, 0.4) is 0 Å². The Balaban J connectivity index is 1.44. The van der Waals surface area contributed by atoms with E-state index in [0.29, 0.717) is 6.54 Å². The first-order valence-corrected chi connectivity index (χ1v) is 10.1. The molecule has 8 heteroatoms. The molecule has 6 nitrogen and oxygen atoms in total. The second-order valence-corrected chi connectivity index (χ2v) is 8.00. The molecule has 1 atom stereocenters. The van der Waals surface area contributed by atoms with E-state index < -0.39 is 0 Å². The quantitative estimate of drug-likeness (QED) is 0.679. The third-order valence-corrected chi connectivity index (χ3v) is 6.11. The standard InChI is InChI=1S/C18H18BrN5OS/c19-14-7-1-2-8-15(14)20-16(25)13-6-5-11-24(12-13)18-22-21-17(26-18)23-9-3-4-10-23/h1-4,7-10,13H,5-6,11-12H2,(H,20,25). The van der Waals surface area contributed by atoms with Crippen LogP contribution in [-0.4, -0.2) is 33.8 Å². The number of amides is 1. The van der Waals surface area contributed by atoms with Crippen molar-refractivity contribution in [1.29, 1.82) is 0 Å². The molecule has 1 saturated heterocycles. The summed E-state index contributed by atoms with van der Waals surface area (Å²) in [6.07, 6.45) is 5.76. The van der Waals surface area contributed by atoms with Crippen molar-refractivity contribution in [3.05, 3.63) is 53.3 Å². The van der Waals surface area contributed by atoms with E-state index in [1.807, 2.05) is 53.4 Å². The van der Waals surface area contributed by atoms with Crippen LogP contribution >= 0.6 is 27.3 Å². The van der Waals surface area contributed by atoms with Crippen LogP contribution in [0.5, 0.6) is 0 Å². The molecule has 0 saturated carbocycles. The zero-order chi connectivity index (χ0) is 17.9. The molecule has 0 bridgehead atoms. The number of hydrogen-bond acceptors (Lipinski definition) is 5. The average Bonchev–Trinajstić information content (AvgIpc) is 3.35. The van der Waals surface area contributed by atoms with E-state index in [9.17, 15) is 4.79 Å². The Morgan fingerprint density at radius 1 is 1.15 bits per heavy atom. The molecule has 1 aliphatic rings. The van der Waals surface area contributed by atoms with Gasteiger partial charge in [-0.1, -0.05) is 23.5 Å². The molecule has 0 aliphatic carbocycles. The highest BCUT2D eigenvalue weighted by Crippen LogP contribution is 2.29. The van der Waals surface area contributed by atoms with E-state index in [-0.39, 0.29) is 11.8 Å². The zero-order valence-electron chi connectivity index (χ0n) is 14.0. The summed E-state index contributed by atoms with van der Waals surface area (Å²) in [5.41, 5.74) is 0.806. The van der Waals surface area contributed by atoms with E-state index in [1.165, 1.54) is 0 Å². The first-order chi connectivity index (χ1) is 12.7. The predicted octanol–water partition coefficient (Wildman–Crippen LogP) is 3.95. The average molecular weight is 432 g/mol. The molecule has 26 heavy (non-hydrogen) atoms. The summed E-state index contributed by atoms with van der Waals surface area (Å²) in [5, 5.41) is 13.3. The number of carbonyl (C=O) groups is 1. The van der Waals surface area contributed by atoms with Crippen LogP contribution in [0.4, 0.5) is 10.8 Å². The van der Waals surface area contributed by atoms with Gasteiger partial charge in [-0.15, -0.1) is 10.2 Å². The molecule has 1 fully saturated rings. The van der Waals surface area contributed by atoms with Crippen molar-refractivity contribution in [2.45, 2.75) is 12.8 Å². The van der Waals surface area contributed by atoms with Gasteiger partial charge in [0, 0.05) is 30.0 Å². The number of benzene rings is 1. The molecule has 3 aromatic rings. The number of para-hydroxylation sites is 1. The van der Waals surface area contributed by atoms with E-state index in [0.717, 1.165) is 39.8 Å². The number of carbonyl (C=O) groups excluding carboxylic acids is 1. The van der Waals surface area contributed by atoms with Crippen molar-refractivity contribution in [2.75, 3.05) is 23.3 Å². The van der Waals surface area contributed by atoms with Crippen molar-refractivity contribution in [3.8, 4) is 5.13 Å². The normalized spacial score (nSPS) is 17.3. The van der Waals surface area contributed by atoms with Crippen LogP contribution in [0.1, 0.15) is 12.8 Å². The van der Waals surface area contributed by atoms with E-state index in [1.54, 1.807) is 11.3 Å². The number of hydrogen-bond donors (Lipinski definition) is 1. The van der Waals surface area contributed by atoms with E-state index in [2.05, 4.69) is 36.3 Å². The Hall–Kier alpha value is -2.19. The molecule has 1 unspecified atom stereocenters. The molecule has 0 radical (unpaired) electrons. The fourth-order valence-electron chi connectivity index (χ4n) is 3.06. The maximum absolute atomic E-state index is 12.7. The predicted molar refractivity (Wildman–Crippen MR) is 107 cm³/mol. The summed E-state index contributed by atoms with van der Waals surface area (Å²) in [6, 6.07) is 11.6. The lowest BCUT2D eigenvalue weighted by molar-refractivity contribution is -0.120. The van der Waals surface area contributed by atoms with Gasteiger partial charge in [0.1, 0.15) is 0 Å². The lowest BCUT2D eigenvalue weighted by Crippen LogP contribution is -2.40. The maximum atomic E-state index is 12.7. The number of rotatable bonds is 4. The Morgan fingerprint density at radius 3 is 2.73 bits per heavy atom. The number of anilines is 2. The number of piperidine rings is 1. The Labute approximate surface area is 164 Å². The molecular weight excluding hydrogens is 414 g/mol. The fraction of sp³-hybridized carbons (Fsp3) is 0.278. The maximum Gasteiger partial charge on any atom is 0.229 e. The molecule has 4 rings (SSSR count). The van der Waals surface area contributed by atoms with Gasteiger partial charge in [-0.3, -0.25) is 9.36 Å².